The van der Waals surface area contributed by atoms with Crippen molar-refractivity contribution in [2.24, 2.45) is 0 Å². The number of phenolic OH excluding ortho intramolecular Hbond substituents is 2. The molecule has 2 aromatic rings. The molecule has 0 saturated carbocycles. The van der Waals surface area contributed by atoms with Crippen molar-refractivity contribution in [1.29, 1.82) is 0 Å². The average molecular weight is 836 g/mol. The maximum absolute atomic E-state index is 13.4. The van der Waals surface area contributed by atoms with E-state index in [0.717, 1.165) is 36.8 Å². The number of amides is 4. The Morgan fingerprint density at radius 1 is 0.741 bits per heavy atom. The lowest BCUT2D eigenvalue weighted by molar-refractivity contribution is 0.191. The van der Waals surface area contributed by atoms with E-state index >= 15 is 0 Å². The molecule has 4 atom stereocenters. The lowest BCUT2D eigenvalue weighted by Crippen LogP contribution is -2.37. The topological polar surface area (TPSA) is 209 Å². The van der Waals surface area contributed by atoms with Gasteiger partial charge >= 0.3 is 12.1 Å². The second-order valence-corrected chi connectivity index (χ2v) is 18.7. The molecule has 0 unspecified atom stereocenters. The molecule has 0 bridgehead atoms. The van der Waals surface area contributed by atoms with Crippen molar-refractivity contribution in [3.8, 4) is 11.5 Å². The third-order valence-corrected chi connectivity index (χ3v) is 15.2. The number of allylic oxidation sites excluding steroid dienone is 2. The van der Waals surface area contributed by atoms with Crippen molar-refractivity contribution < 1.29 is 54.3 Å². The smallest absolute Gasteiger partial charge is 0.319 e. The molecule has 0 radical (unpaired) electrons. The van der Waals surface area contributed by atoms with Crippen LogP contribution in [0.1, 0.15) is 74.3 Å². The van der Waals surface area contributed by atoms with Crippen molar-refractivity contribution in [1.82, 2.24) is 10.6 Å². The fourth-order valence-corrected chi connectivity index (χ4v) is 10.7. The fraction of sp³-hybridized carbons (Fsp3) is 0.500. The Hall–Kier alpha value is -3.54. The summed E-state index contributed by atoms with van der Waals surface area (Å²) in [5.41, 5.74) is 1.62. The van der Waals surface area contributed by atoms with Gasteiger partial charge in [0.1, 0.15) is 9.79 Å². The summed E-state index contributed by atoms with van der Waals surface area (Å²) in [6.07, 6.45) is 6.63. The van der Waals surface area contributed by atoms with Gasteiger partial charge in [-0.15, -0.1) is 0 Å². The highest BCUT2D eigenvalue weighted by Gasteiger charge is 2.47. The van der Waals surface area contributed by atoms with Crippen LogP contribution in [0, 0.1) is 0 Å². The SMILES string of the molecule is [2H]C([2H])([2H])[C@@]1(S(=O)(=O)c2c(Cl)ccc(NC(=O)N[C@@H]3CCC=C3C)c2O)CCOC1.[2H]C([2H])([2H])[C@]1(S(=O)(=O)c2c(Cl)ccc(NC(=O)N[C@@H]3CCC=C3C)c2O)CCOC1. The standard InChI is InChI=1S/2C18H23ClN2O5S/c2*1-11-4-3-5-13(11)20-17(23)21-14-7-6-12(19)16(15(14)22)27(24,25)18(2)8-9-26-10-18/h2*4,6-7,13,22H,3,5,8-10H2,1-2H3,(H2,20,21,23)/t13-,18+;13-,18-/m11/s1/i2*2D3. The Kier molecular flexibility index (Phi) is 10.2. The second kappa shape index (κ2) is 16.3. The summed E-state index contributed by atoms with van der Waals surface area (Å²) >= 11 is 12.1. The minimum absolute atomic E-state index is 0.0510. The molecule has 54 heavy (non-hydrogen) atoms. The van der Waals surface area contributed by atoms with Crippen molar-refractivity contribution in [3.63, 3.8) is 0 Å². The highest BCUT2D eigenvalue weighted by atomic mass is 35.5. The van der Waals surface area contributed by atoms with Gasteiger partial charge in [0.25, 0.3) is 0 Å². The van der Waals surface area contributed by atoms with E-state index in [2.05, 4.69) is 21.3 Å². The summed E-state index contributed by atoms with van der Waals surface area (Å²) in [5, 5.41) is 31.0. The molecule has 2 fully saturated rings. The summed E-state index contributed by atoms with van der Waals surface area (Å²) in [6, 6.07) is 3.30. The minimum Gasteiger partial charge on any atom is -0.504 e. The number of nitrogens with one attached hydrogen (secondary N) is 4. The Labute approximate surface area is 333 Å². The number of phenols is 2. The highest BCUT2D eigenvalue weighted by molar-refractivity contribution is 7.93. The number of hydrogen-bond donors (Lipinski definition) is 6. The van der Waals surface area contributed by atoms with Crippen LogP contribution in [-0.4, -0.2) is 87.1 Å². The number of sulfone groups is 2. The number of halogens is 2. The van der Waals surface area contributed by atoms with Gasteiger partial charge in [0.2, 0.25) is 0 Å². The van der Waals surface area contributed by atoms with Crippen molar-refractivity contribution in [2.75, 3.05) is 37.1 Å². The number of hydrogen-bond acceptors (Lipinski definition) is 10. The number of urea groups is 2. The molecule has 14 nitrogen and oxygen atoms in total. The lowest BCUT2D eigenvalue weighted by atomic mass is 10.1. The first-order valence-corrected chi connectivity index (χ1v) is 20.7. The van der Waals surface area contributed by atoms with Crippen LogP contribution < -0.4 is 21.3 Å². The largest absolute Gasteiger partial charge is 0.504 e. The third kappa shape index (κ3) is 8.33. The summed E-state index contributed by atoms with van der Waals surface area (Å²) < 4.78 is 106. The number of benzene rings is 2. The summed E-state index contributed by atoms with van der Waals surface area (Å²) in [5.74, 6) is -1.63. The molecule has 2 aromatic carbocycles. The molecule has 2 aliphatic carbocycles. The lowest BCUT2D eigenvalue weighted by Gasteiger charge is -2.24. The van der Waals surface area contributed by atoms with E-state index in [1.54, 1.807) is 0 Å². The molecule has 296 valence electrons. The zero-order chi connectivity index (χ0) is 44.6. The molecule has 2 aliphatic heterocycles. The normalized spacial score (nSPS) is 27.4. The predicted octanol–water partition coefficient (Wildman–Crippen LogP) is 6.46. The first kappa shape index (κ1) is 33.8. The molecule has 2 heterocycles. The number of ether oxygens (including phenoxy) is 2. The zero-order valence-corrected chi connectivity index (χ0v) is 32.6. The maximum Gasteiger partial charge on any atom is 0.319 e. The van der Waals surface area contributed by atoms with E-state index in [1.165, 1.54) is 24.3 Å². The minimum atomic E-state index is -4.66. The summed E-state index contributed by atoms with van der Waals surface area (Å²) in [4.78, 5) is 23.2. The number of rotatable bonds is 8. The van der Waals surface area contributed by atoms with E-state index < -0.39 is 89.4 Å². The zero-order valence-electron chi connectivity index (χ0n) is 35.4. The first-order valence-electron chi connectivity index (χ1n) is 20.0. The van der Waals surface area contributed by atoms with Gasteiger partial charge in [0.05, 0.1) is 56.2 Å². The van der Waals surface area contributed by atoms with Crippen LogP contribution >= 0.6 is 23.2 Å². The molecule has 2 saturated heterocycles. The monoisotopic (exact) mass is 834 g/mol. The van der Waals surface area contributed by atoms with Crippen LogP contribution in [-0.2, 0) is 29.1 Å². The van der Waals surface area contributed by atoms with Gasteiger partial charge in [-0.25, -0.2) is 26.4 Å². The van der Waals surface area contributed by atoms with Gasteiger partial charge in [-0.1, -0.05) is 46.5 Å². The van der Waals surface area contributed by atoms with Gasteiger partial charge in [-0.3, -0.25) is 0 Å². The van der Waals surface area contributed by atoms with Gasteiger partial charge in [-0.05, 0) is 90.3 Å². The molecular weight excluding hydrogens is 783 g/mol. The van der Waals surface area contributed by atoms with Crippen LogP contribution in [0.5, 0.6) is 11.5 Å². The quantitative estimate of drug-likeness (QED) is 0.126. The van der Waals surface area contributed by atoms with E-state index in [-0.39, 0.29) is 59.6 Å². The number of anilines is 2. The number of carbonyl (C=O) groups excluding carboxylic acids is 2. The van der Waals surface area contributed by atoms with E-state index in [4.69, 9.17) is 40.9 Å². The number of carbonyl (C=O) groups is 2. The Morgan fingerprint density at radius 2 is 1.13 bits per heavy atom. The van der Waals surface area contributed by atoms with Gasteiger partial charge in [-0.2, -0.15) is 0 Å². The second-order valence-electron chi connectivity index (χ2n) is 13.5. The molecule has 4 aliphatic rings. The fourth-order valence-electron chi connectivity index (χ4n) is 6.41. The molecular formula is C36H46Cl2N4O10S2. The average Bonchev–Trinajstić information content (AvgIpc) is 3.97. The van der Waals surface area contributed by atoms with Crippen LogP contribution in [0.2, 0.25) is 10.0 Å². The highest BCUT2D eigenvalue weighted by Crippen LogP contribution is 2.45. The van der Waals surface area contributed by atoms with Crippen LogP contribution in [0.3, 0.4) is 0 Å². The Morgan fingerprint density at radius 3 is 1.43 bits per heavy atom. The van der Waals surface area contributed by atoms with E-state index in [1.807, 2.05) is 26.0 Å². The van der Waals surface area contributed by atoms with Gasteiger partial charge < -0.3 is 41.0 Å². The molecule has 6 rings (SSSR count). The molecule has 18 heteroatoms. The molecule has 6 N–H and O–H groups in total. The van der Waals surface area contributed by atoms with Crippen LogP contribution in [0.4, 0.5) is 21.0 Å². The summed E-state index contributed by atoms with van der Waals surface area (Å²) in [7, 11) is -9.32. The Bertz CT molecular complexity index is 2140. The third-order valence-electron chi connectivity index (χ3n) is 9.75. The molecule has 4 amide bonds. The summed E-state index contributed by atoms with van der Waals surface area (Å²) in [6.45, 7) is -3.24. The predicted molar refractivity (Wildman–Crippen MR) is 206 cm³/mol. The van der Waals surface area contributed by atoms with Crippen LogP contribution in [0.15, 0.2) is 57.4 Å². The van der Waals surface area contributed by atoms with Crippen molar-refractivity contribution in [3.05, 3.63) is 57.6 Å². The van der Waals surface area contributed by atoms with Crippen molar-refractivity contribution >= 4 is 66.3 Å². The molecule has 0 aromatic heterocycles. The maximum atomic E-state index is 13.4. The van der Waals surface area contributed by atoms with E-state index in [0.29, 0.717) is 0 Å². The van der Waals surface area contributed by atoms with Gasteiger partial charge in [0, 0.05) is 21.4 Å². The van der Waals surface area contributed by atoms with Gasteiger partial charge in [0.15, 0.2) is 31.2 Å². The number of aromatic hydroxyl groups is 2. The molecule has 0 spiro atoms. The van der Waals surface area contributed by atoms with Crippen molar-refractivity contribution in [2.45, 2.75) is 97.4 Å². The first-order chi connectivity index (χ1) is 27.8. The Balaban J connectivity index is 0.000000228. The van der Waals surface area contributed by atoms with E-state index in [9.17, 15) is 36.6 Å². The van der Waals surface area contributed by atoms with Crippen LogP contribution in [0.25, 0.3) is 0 Å².